The highest BCUT2D eigenvalue weighted by atomic mass is 19.4. The smallest absolute Gasteiger partial charge is 0.365 e. The molecule has 3 nitrogen and oxygen atoms in total. The van der Waals surface area contributed by atoms with E-state index < -0.39 is 12.3 Å². The van der Waals surface area contributed by atoms with E-state index in [1.165, 1.54) is 18.2 Å². The van der Waals surface area contributed by atoms with Crippen LogP contribution in [0.5, 0.6) is 0 Å². The number of alkyl halides is 3. The van der Waals surface area contributed by atoms with Gasteiger partial charge >= 0.3 is 6.18 Å². The van der Waals surface area contributed by atoms with Gasteiger partial charge in [0, 0.05) is 11.9 Å². The average Bonchev–Trinajstić information content (AvgIpc) is 2.47. The van der Waals surface area contributed by atoms with E-state index in [9.17, 15) is 17.6 Å². The lowest BCUT2D eigenvalue weighted by atomic mass is 10.1. The van der Waals surface area contributed by atoms with Crippen molar-refractivity contribution in [2.75, 3.05) is 24.6 Å². The lowest BCUT2D eigenvalue weighted by molar-refractivity contribution is -0.221. The molecule has 1 saturated heterocycles. The second-order valence-corrected chi connectivity index (χ2v) is 5.31. The summed E-state index contributed by atoms with van der Waals surface area (Å²) in [7, 11) is 0. The Kier molecular flexibility index (Phi) is 3.68. The number of anilines is 1. The molecular formula is C15H14F4N2O. The van der Waals surface area contributed by atoms with Gasteiger partial charge in [-0.3, -0.25) is 0 Å². The SMILES string of the molecule is Cc1cc(N2CCOC(C(F)(F)F)C2)nc2ccc(F)cc12. The van der Waals surface area contributed by atoms with E-state index in [-0.39, 0.29) is 19.0 Å². The van der Waals surface area contributed by atoms with Gasteiger partial charge < -0.3 is 9.64 Å². The Labute approximate surface area is 124 Å². The van der Waals surface area contributed by atoms with E-state index in [1.54, 1.807) is 17.9 Å². The monoisotopic (exact) mass is 314 g/mol. The van der Waals surface area contributed by atoms with Gasteiger partial charge in [-0.2, -0.15) is 13.2 Å². The van der Waals surface area contributed by atoms with Crippen LogP contribution in [-0.4, -0.2) is 37.0 Å². The first-order valence-corrected chi connectivity index (χ1v) is 6.85. The van der Waals surface area contributed by atoms with Crippen molar-refractivity contribution in [2.45, 2.75) is 19.2 Å². The number of nitrogens with zero attached hydrogens (tertiary/aromatic N) is 2. The Morgan fingerprint density at radius 3 is 2.77 bits per heavy atom. The molecule has 2 aromatic rings. The average molecular weight is 314 g/mol. The second-order valence-electron chi connectivity index (χ2n) is 5.31. The van der Waals surface area contributed by atoms with Crippen LogP contribution in [0.25, 0.3) is 10.9 Å². The lowest BCUT2D eigenvalue weighted by Gasteiger charge is -2.34. The van der Waals surface area contributed by atoms with Gasteiger partial charge in [-0.15, -0.1) is 0 Å². The van der Waals surface area contributed by atoms with Gasteiger partial charge in [0.05, 0.1) is 18.7 Å². The highest BCUT2D eigenvalue weighted by molar-refractivity contribution is 5.84. The third-order valence-electron chi connectivity index (χ3n) is 3.72. The fraction of sp³-hybridized carbons (Fsp3) is 0.400. The predicted octanol–water partition coefficient (Wildman–Crippen LogP) is 3.45. The minimum absolute atomic E-state index is 0.00758. The lowest BCUT2D eigenvalue weighted by Crippen LogP contribution is -2.49. The Bertz CT molecular complexity index is 702. The van der Waals surface area contributed by atoms with Crippen molar-refractivity contribution in [2.24, 2.45) is 0 Å². The van der Waals surface area contributed by atoms with Crippen molar-refractivity contribution in [1.82, 2.24) is 4.98 Å². The molecule has 1 aromatic heterocycles. The summed E-state index contributed by atoms with van der Waals surface area (Å²) in [6.45, 7) is 1.83. The highest BCUT2D eigenvalue weighted by Crippen LogP contribution is 2.29. The van der Waals surface area contributed by atoms with Crippen molar-refractivity contribution in [3.63, 3.8) is 0 Å². The van der Waals surface area contributed by atoms with Gasteiger partial charge in [0.15, 0.2) is 6.10 Å². The number of ether oxygens (including phenoxy) is 1. The van der Waals surface area contributed by atoms with Gasteiger partial charge in [0.1, 0.15) is 11.6 Å². The van der Waals surface area contributed by atoms with Crippen molar-refractivity contribution in [3.05, 3.63) is 35.6 Å². The van der Waals surface area contributed by atoms with Crippen LogP contribution in [0, 0.1) is 12.7 Å². The van der Waals surface area contributed by atoms with Gasteiger partial charge in [0.2, 0.25) is 0 Å². The van der Waals surface area contributed by atoms with Crippen LogP contribution < -0.4 is 4.90 Å². The quantitative estimate of drug-likeness (QED) is 0.754. The molecule has 118 valence electrons. The summed E-state index contributed by atoms with van der Waals surface area (Å²) in [5.41, 5.74) is 1.33. The number of pyridine rings is 1. The van der Waals surface area contributed by atoms with E-state index >= 15 is 0 Å². The molecule has 0 bridgehead atoms. The number of rotatable bonds is 1. The fourth-order valence-corrected chi connectivity index (χ4v) is 2.57. The van der Waals surface area contributed by atoms with E-state index in [4.69, 9.17) is 4.74 Å². The molecule has 1 atom stereocenters. The predicted molar refractivity (Wildman–Crippen MR) is 74.4 cm³/mol. The first kappa shape index (κ1) is 15.0. The number of morpholine rings is 1. The zero-order chi connectivity index (χ0) is 15.9. The standard InChI is InChI=1S/C15H14F4N2O/c1-9-6-14(20-12-3-2-10(16)7-11(9)12)21-4-5-22-13(8-21)15(17,18)19/h2-3,6-7,13H,4-5,8H2,1H3. The van der Waals surface area contributed by atoms with Crippen LogP contribution in [-0.2, 0) is 4.74 Å². The maximum atomic E-state index is 13.3. The molecule has 1 fully saturated rings. The Balaban J connectivity index is 1.94. The summed E-state index contributed by atoms with van der Waals surface area (Å²) in [5.74, 6) is 0.0859. The molecule has 3 rings (SSSR count). The van der Waals surface area contributed by atoms with E-state index in [0.29, 0.717) is 23.3 Å². The normalized spacial score (nSPS) is 19.7. The van der Waals surface area contributed by atoms with Gasteiger partial charge in [0.25, 0.3) is 0 Å². The van der Waals surface area contributed by atoms with E-state index in [2.05, 4.69) is 4.98 Å². The van der Waals surface area contributed by atoms with Crippen molar-refractivity contribution >= 4 is 16.7 Å². The zero-order valence-electron chi connectivity index (χ0n) is 11.8. The van der Waals surface area contributed by atoms with Crippen LogP contribution >= 0.6 is 0 Å². The van der Waals surface area contributed by atoms with Gasteiger partial charge in [-0.1, -0.05) is 0 Å². The first-order valence-electron chi connectivity index (χ1n) is 6.85. The van der Waals surface area contributed by atoms with Crippen LogP contribution in [0.1, 0.15) is 5.56 Å². The number of hydrogen-bond acceptors (Lipinski definition) is 3. The fourth-order valence-electron chi connectivity index (χ4n) is 2.57. The molecule has 0 spiro atoms. The van der Waals surface area contributed by atoms with Gasteiger partial charge in [-0.05, 0) is 36.8 Å². The van der Waals surface area contributed by atoms with Crippen molar-refractivity contribution in [1.29, 1.82) is 0 Å². The van der Waals surface area contributed by atoms with Crippen molar-refractivity contribution in [3.8, 4) is 0 Å². The topological polar surface area (TPSA) is 25.4 Å². The van der Waals surface area contributed by atoms with E-state index in [0.717, 1.165) is 5.56 Å². The third kappa shape index (κ3) is 2.85. The molecule has 2 heterocycles. The van der Waals surface area contributed by atoms with E-state index in [1.807, 2.05) is 0 Å². The summed E-state index contributed by atoms with van der Waals surface area (Å²) >= 11 is 0. The third-order valence-corrected chi connectivity index (χ3v) is 3.72. The molecule has 1 unspecified atom stereocenters. The molecule has 0 aliphatic carbocycles. The molecule has 22 heavy (non-hydrogen) atoms. The number of aryl methyl sites for hydroxylation is 1. The summed E-state index contributed by atoms with van der Waals surface area (Å²) < 4.78 is 56.4. The maximum absolute atomic E-state index is 13.3. The van der Waals surface area contributed by atoms with Crippen LogP contribution in [0.15, 0.2) is 24.3 Å². The molecule has 0 saturated carbocycles. The van der Waals surface area contributed by atoms with Crippen LogP contribution in [0.3, 0.4) is 0 Å². The summed E-state index contributed by atoms with van der Waals surface area (Å²) in [6, 6.07) is 5.87. The van der Waals surface area contributed by atoms with Crippen molar-refractivity contribution < 1.29 is 22.3 Å². The molecular weight excluding hydrogens is 300 g/mol. The molecule has 1 aliphatic rings. The zero-order valence-corrected chi connectivity index (χ0v) is 11.8. The Morgan fingerprint density at radius 2 is 2.05 bits per heavy atom. The largest absolute Gasteiger partial charge is 0.416 e. The molecule has 0 radical (unpaired) electrons. The highest BCUT2D eigenvalue weighted by Gasteiger charge is 2.43. The Hall–Kier alpha value is -1.89. The van der Waals surface area contributed by atoms with Crippen LogP contribution in [0.4, 0.5) is 23.4 Å². The minimum atomic E-state index is -4.40. The molecule has 1 aliphatic heterocycles. The molecule has 0 amide bonds. The number of benzene rings is 1. The number of fused-ring (bicyclic) bond motifs is 1. The Morgan fingerprint density at radius 1 is 1.27 bits per heavy atom. The summed E-state index contributed by atoms with van der Waals surface area (Å²) in [6.07, 6.45) is -6.21. The number of halogens is 4. The summed E-state index contributed by atoms with van der Waals surface area (Å²) in [4.78, 5) is 5.91. The first-order chi connectivity index (χ1) is 10.3. The number of aromatic nitrogens is 1. The minimum Gasteiger partial charge on any atom is -0.365 e. The molecule has 1 aromatic carbocycles. The molecule has 0 N–H and O–H groups in total. The molecule has 7 heteroatoms. The number of hydrogen-bond donors (Lipinski definition) is 0. The maximum Gasteiger partial charge on any atom is 0.416 e. The summed E-state index contributed by atoms with van der Waals surface area (Å²) in [5, 5.41) is 0.657. The van der Waals surface area contributed by atoms with Gasteiger partial charge in [-0.25, -0.2) is 9.37 Å². The van der Waals surface area contributed by atoms with Crippen LogP contribution in [0.2, 0.25) is 0 Å². The second kappa shape index (κ2) is 5.39.